The number of ether oxygens (including phenoxy) is 1. The Morgan fingerprint density at radius 2 is 1.83 bits per heavy atom. The van der Waals surface area contributed by atoms with Crippen LogP contribution in [-0.2, 0) is 16.1 Å². The second-order valence-corrected chi connectivity index (χ2v) is 9.50. The third-order valence-electron chi connectivity index (χ3n) is 5.30. The average Bonchev–Trinajstić information content (AvgIpc) is 3.29. The number of phenolic OH excluding ortho intramolecular Hbond substituents is 1. The van der Waals surface area contributed by atoms with Gasteiger partial charge >= 0.3 is 5.97 Å². The number of thiophene rings is 1. The molecule has 0 aliphatic heterocycles. The lowest BCUT2D eigenvalue weighted by Gasteiger charge is -2.11. The largest absolute Gasteiger partial charge is 0.508 e. The number of hydrogen-bond donors (Lipinski definition) is 3. The summed E-state index contributed by atoms with van der Waals surface area (Å²) < 4.78 is 6.30. The monoisotopic (exact) mass is 564 g/mol. The summed E-state index contributed by atoms with van der Waals surface area (Å²) in [5.74, 6) is -1.44. The van der Waals surface area contributed by atoms with Crippen molar-refractivity contribution < 1.29 is 24.2 Å². The molecule has 4 rings (SSSR count). The molecular weight excluding hydrogens is 544 g/mol. The molecular formula is C27H21BrN2O5S. The van der Waals surface area contributed by atoms with E-state index in [9.17, 15) is 19.5 Å². The number of rotatable bonds is 7. The molecule has 3 aromatic carbocycles. The smallest absolute Gasteiger partial charge is 0.354 e. The molecule has 36 heavy (non-hydrogen) atoms. The predicted molar refractivity (Wildman–Crippen MR) is 143 cm³/mol. The Morgan fingerprint density at radius 3 is 2.58 bits per heavy atom. The first kappa shape index (κ1) is 25.2. The first-order valence-corrected chi connectivity index (χ1v) is 12.5. The van der Waals surface area contributed by atoms with Crippen LogP contribution >= 0.6 is 27.3 Å². The first-order chi connectivity index (χ1) is 17.4. The van der Waals surface area contributed by atoms with E-state index in [1.807, 2.05) is 29.6 Å². The molecule has 0 fully saturated rings. The Labute approximate surface area is 219 Å². The first-order valence-electron chi connectivity index (χ1n) is 10.8. The van der Waals surface area contributed by atoms with Gasteiger partial charge in [-0.1, -0.05) is 30.3 Å². The highest BCUT2D eigenvalue weighted by Gasteiger charge is 2.19. The van der Waals surface area contributed by atoms with Crippen molar-refractivity contribution in [2.45, 2.75) is 6.54 Å². The van der Waals surface area contributed by atoms with Crippen molar-refractivity contribution in [3.63, 3.8) is 0 Å². The van der Waals surface area contributed by atoms with Crippen LogP contribution in [0.4, 0.5) is 0 Å². The minimum atomic E-state index is -0.683. The van der Waals surface area contributed by atoms with E-state index in [1.54, 1.807) is 30.3 Å². The van der Waals surface area contributed by atoms with Crippen molar-refractivity contribution >= 4 is 61.2 Å². The molecule has 0 aliphatic carbocycles. The number of phenols is 1. The second kappa shape index (κ2) is 11.2. The van der Waals surface area contributed by atoms with Gasteiger partial charge in [0.2, 0.25) is 0 Å². The third-order valence-corrected chi connectivity index (χ3v) is 6.94. The van der Waals surface area contributed by atoms with E-state index in [0.717, 1.165) is 21.2 Å². The van der Waals surface area contributed by atoms with Crippen LogP contribution in [0.5, 0.6) is 5.75 Å². The molecule has 9 heteroatoms. The topological polar surface area (TPSA) is 105 Å². The molecule has 4 aromatic rings. The van der Waals surface area contributed by atoms with E-state index in [4.69, 9.17) is 4.74 Å². The van der Waals surface area contributed by atoms with Gasteiger partial charge in [-0.3, -0.25) is 9.59 Å². The molecule has 182 valence electrons. The van der Waals surface area contributed by atoms with E-state index in [0.29, 0.717) is 10.0 Å². The zero-order valence-electron chi connectivity index (χ0n) is 19.1. The molecule has 0 bridgehead atoms. The number of hydrogen-bond acceptors (Lipinski definition) is 6. The number of methoxy groups -OCH3 is 1. The van der Waals surface area contributed by atoms with Crippen LogP contribution in [-0.4, -0.2) is 30.0 Å². The Kier molecular flexibility index (Phi) is 7.82. The van der Waals surface area contributed by atoms with Crippen LogP contribution in [0.15, 0.2) is 82.3 Å². The maximum absolute atomic E-state index is 13.0. The fraction of sp³-hybridized carbons (Fsp3) is 0.0741. The number of halogens is 1. The molecule has 1 heterocycles. The third kappa shape index (κ3) is 5.81. The summed E-state index contributed by atoms with van der Waals surface area (Å²) >= 11 is 4.88. The van der Waals surface area contributed by atoms with Gasteiger partial charge in [-0.15, -0.1) is 11.3 Å². The van der Waals surface area contributed by atoms with E-state index in [1.165, 1.54) is 36.6 Å². The summed E-state index contributed by atoms with van der Waals surface area (Å²) in [5.41, 5.74) is 2.11. The van der Waals surface area contributed by atoms with Gasteiger partial charge in [0.15, 0.2) is 0 Å². The highest BCUT2D eigenvalue weighted by molar-refractivity contribution is 9.10. The number of carbonyl (C=O) groups is 3. The minimum Gasteiger partial charge on any atom is -0.508 e. The Bertz CT molecular complexity index is 1490. The van der Waals surface area contributed by atoms with Crippen LogP contribution < -0.4 is 10.6 Å². The Morgan fingerprint density at radius 1 is 1.03 bits per heavy atom. The predicted octanol–water partition coefficient (Wildman–Crippen LogP) is 5.24. The molecule has 0 atom stereocenters. The van der Waals surface area contributed by atoms with E-state index >= 15 is 0 Å². The fourth-order valence-corrected chi connectivity index (χ4v) is 4.98. The van der Waals surface area contributed by atoms with Crippen LogP contribution in [0.1, 0.15) is 31.8 Å². The Balaban J connectivity index is 1.50. The van der Waals surface area contributed by atoms with Crippen molar-refractivity contribution in [2.24, 2.45) is 0 Å². The molecule has 3 N–H and O–H groups in total. The molecule has 0 saturated heterocycles. The number of carbonyl (C=O) groups excluding carboxylic acids is 3. The van der Waals surface area contributed by atoms with Gasteiger partial charge < -0.3 is 20.5 Å². The van der Waals surface area contributed by atoms with Crippen molar-refractivity contribution in [2.75, 3.05) is 7.11 Å². The highest BCUT2D eigenvalue weighted by Crippen LogP contribution is 2.27. The lowest BCUT2D eigenvalue weighted by atomic mass is 10.1. The van der Waals surface area contributed by atoms with Crippen LogP contribution in [0.25, 0.3) is 16.2 Å². The van der Waals surface area contributed by atoms with Gasteiger partial charge in [-0.05, 0) is 80.3 Å². The van der Waals surface area contributed by atoms with Crippen molar-refractivity contribution in [1.29, 1.82) is 0 Å². The molecule has 2 amide bonds. The number of amides is 2. The molecule has 7 nitrogen and oxygen atoms in total. The number of esters is 1. The summed E-state index contributed by atoms with van der Waals surface area (Å²) in [6.45, 7) is 0.234. The summed E-state index contributed by atoms with van der Waals surface area (Å²) in [4.78, 5) is 38.0. The van der Waals surface area contributed by atoms with Crippen molar-refractivity contribution in [3.8, 4) is 5.75 Å². The molecule has 0 aliphatic rings. The number of benzene rings is 3. The van der Waals surface area contributed by atoms with Gasteiger partial charge in [0.05, 0.1) is 12.7 Å². The van der Waals surface area contributed by atoms with Crippen molar-refractivity contribution in [1.82, 2.24) is 10.6 Å². The van der Waals surface area contributed by atoms with Gasteiger partial charge in [0.25, 0.3) is 11.8 Å². The molecule has 0 radical (unpaired) electrons. The second-order valence-electron chi connectivity index (χ2n) is 7.74. The standard InChI is InChI=1S/C27H21BrN2O5S/c1-35-27(34)23(13-18-15-36-24-8-3-2-7-20(18)24)30-26(33)21-10-9-17(12-22(21)28)25(32)29-14-16-5-4-6-19(31)11-16/h2-13,15,31H,14H2,1H3,(H,29,32)(H,30,33)/b23-13-. The fourth-order valence-electron chi connectivity index (χ4n) is 3.50. The normalized spacial score (nSPS) is 11.2. The van der Waals surface area contributed by atoms with Crippen molar-refractivity contribution in [3.05, 3.63) is 105 Å². The summed E-state index contributed by atoms with van der Waals surface area (Å²) in [6.07, 6.45) is 1.58. The van der Waals surface area contributed by atoms with Gasteiger partial charge in [0.1, 0.15) is 11.4 Å². The number of fused-ring (bicyclic) bond motifs is 1. The molecule has 0 unspecified atom stereocenters. The molecule has 0 saturated carbocycles. The molecule has 0 spiro atoms. The van der Waals surface area contributed by atoms with E-state index < -0.39 is 11.9 Å². The average molecular weight is 565 g/mol. The maximum atomic E-state index is 13.0. The lowest BCUT2D eigenvalue weighted by Crippen LogP contribution is -2.28. The minimum absolute atomic E-state index is 0.00844. The van der Waals surface area contributed by atoms with Gasteiger partial charge in [-0.2, -0.15) is 0 Å². The van der Waals surface area contributed by atoms with Crippen LogP contribution in [0, 0.1) is 0 Å². The summed E-state index contributed by atoms with van der Waals surface area (Å²) in [6, 6.07) is 18.9. The number of aromatic hydroxyl groups is 1. The quantitative estimate of drug-likeness (QED) is 0.210. The van der Waals surface area contributed by atoms with E-state index in [-0.39, 0.29) is 29.5 Å². The van der Waals surface area contributed by atoms with Gasteiger partial charge in [-0.25, -0.2) is 4.79 Å². The highest BCUT2D eigenvalue weighted by atomic mass is 79.9. The zero-order chi connectivity index (χ0) is 25.7. The number of nitrogens with one attached hydrogen (secondary N) is 2. The van der Waals surface area contributed by atoms with Crippen LogP contribution in [0.3, 0.4) is 0 Å². The molecule has 1 aromatic heterocycles. The van der Waals surface area contributed by atoms with Gasteiger partial charge in [0, 0.05) is 21.3 Å². The summed E-state index contributed by atoms with van der Waals surface area (Å²) in [7, 11) is 1.24. The maximum Gasteiger partial charge on any atom is 0.354 e. The van der Waals surface area contributed by atoms with Crippen LogP contribution in [0.2, 0.25) is 0 Å². The zero-order valence-corrected chi connectivity index (χ0v) is 21.5. The summed E-state index contributed by atoms with van der Waals surface area (Å²) in [5, 5.41) is 17.8. The Hall–Kier alpha value is -3.95. The van der Waals surface area contributed by atoms with E-state index in [2.05, 4.69) is 26.6 Å². The lowest BCUT2D eigenvalue weighted by molar-refractivity contribution is -0.136. The SMILES string of the molecule is COC(=O)/C(=C/c1csc2ccccc12)NC(=O)c1ccc(C(=O)NCc2cccc(O)c2)cc1Br.